The molecule has 112 valence electrons. The molecule has 0 bridgehead atoms. The molecule has 0 saturated carbocycles. The fourth-order valence-electron chi connectivity index (χ4n) is 2.44. The minimum Gasteiger partial charge on any atom is -0.379 e. The minimum absolute atomic E-state index is 0.00411. The molecule has 19 heavy (non-hydrogen) atoms. The van der Waals surface area contributed by atoms with E-state index >= 15 is 0 Å². The van der Waals surface area contributed by atoms with E-state index < -0.39 is 0 Å². The number of amides is 1. The normalized spacial score (nSPS) is 24.4. The smallest absolute Gasteiger partial charge is 0.229 e. The van der Waals surface area contributed by atoms with E-state index in [1.54, 1.807) is 0 Å². The van der Waals surface area contributed by atoms with Crippen LogP contribution in [-0.4, -0.2) is 49.7 Å². The third-order valence-electron chi connectivity index (χ3n) is 3.98. The molecular formula is C15H30N2O2. The zero-order chi connectivity index (χ0) is 14.3. The summed E-state index contributed by atoms with van der Waals surface area (Å²) in [5.74, 6) is 0.817. The lowest BCUT2D eigenvalue weighted by Crippen LogP contribution is -2.47. The summed E-state index contributed by atoms with van der Waals surface area (Å²) in [6.07, 6.45) is 2.20. The predicted octanol–water partition coefficient (Wildman–Crippen LogP) is 1.90. The third-order valence-corrected chi connectivity index (χ3v) is 3.98. The van der Waals surface area contributed by atoms with Crippen molar-refractivity contribution in [1.29, 1.82) is 0 Å². The van der Waals surface area contributed by atoms with Crippen molar-refractivity contribution in [2.24, 2.45) is 11.8 Å². The second-order valence-corrected chi connectivity index (χ2v) is 5.59. The number of carbonyl (C=O) groups excluding carboxylic acids is 1. The van der Waals surface area contributed by atoms with Gasteiger partial charge in [0.1, 0.15) is 0 Å². The van der Waals surface area contributed by atoms with Gasteiger partial charge in [0.25, 0.3) is 0 Å². The van der Waals surface area contributed by atoms with E-state index in [0.717, 1.165) is 32.5 Å². The maximum absolute atomic E-state index is 12.6. The van der Waals surface area contributed by atoms with Gasteiger partial charge >= 0.3 is 0 Å². The molecule has 0 aromatic heterocycles. The maximum atomic E-state index is 12.6. The molecule has 1 N–H and O–H groups in total. The Morgan fingerprint density at radius 1 is 1.37 bits per heavy atom. The van der Waals surface area contributed by atoms with E-state index in [0.29, 0.717) is 19.1 Å². The van der Waals surface area contributed by atoms with Crippen LogP contribution in [0, 0.1) is 11.8 Å². The molecule has 3 unspecified atom stereocenters. The van der Waals surface area contributed by atoms with Gasteiger partial charge in [0.05, 0.1) is 19.1 Å². The van der Waals surface area contributed by atoms with E-state index in [-0.39, 0.29) is 17.9 Å². The van der Waals surface area contributed by atoms with Crippen molar-refractivity contribution >= 4 is 5.91 Å². The maximum Gasteiger partial charge on any atom is 0.229 e. The lowest BCUT2D eigenvalue weighted by molar-refractivity contribution is -0.136. The number of rotatable bonds is 8. The first-order chi connectivity index (χ1) is 9.13. The fraction of sp³-hybridized carbons (Fsp3) is 0.933. The molecule has 3 atom stereocenters. The van der Waals surface area contributed by atoms with Crippen molar-refractivity contribution in [2.45, 2.75) is 46.6 Å². The number of nitrogens with zero attached hydrogens (tertiary/aromatic N) is 1. The molecule has 0 spiro atoms. The Bertz CT molecular complexity index is 271. The molecule has 1 aliphatic heterocycles. The average molecular weight is 270 g/mol. The van der Waals surface area contributed by atoms with Gasteiger partial charge in [-0.2, -0.15) is 0 Å². The van der Waals surface area contributed by atoms with Crippen LogP contribution in [0.3, 0.4) is 0 Å². The quantitative estimate of drug-likeness (QED) is 0.732. The van der Waals surface area contributed by atoms with Gasteiger partial charge in [-0.05, 0) is 25.8 Å². The molecule has 0 aromatic rings. The van der Waals surface area contributed by atoms with Gasteiger partial charge in [-0.1, -0.05) is 27.2 Å². The van der Waals surface area contributed by atoms with Gasteiger partial charge in [-0.25, -0.2) is 0 Å². The summed E-state index contributed by atoms with van der Waals surface area (Å²) >= 11 is 0. The SMILES string of the molecule is CCCNC1COCC1C(=O)N(CC)CC(C)CC. The molecular weight excluding hydrogens is 240 g/mol. The van der Waals surface area contributed by atoms with Crippen LogP contribution >= 0.6 is 0 Å². The van der Waals surface area contributed by atoms with Gasteiger partial charge in [-0.3, -0.25) is 4.79 Å². The van der Waals surface area contributed by atoms with Crippen molar-refractivity contribution in [1.82, 2.24) is 10.2 Å². The number of hydrogen-bond donors (Lipinski definition) is 1. The highest BCUT2D eigenvalue weighted by molar-refractivity contribution is 5.80. The van der Waals surface area contributed by atoms with Crippen LogP contribution in [0.15, 0.2) is 0 Å². The summed E-state index contributed by atoms with van der Waals surface area (Å²) in [5, 5.41) is 3.44. The van der Waals surface area contributed by atoms with Crippen molar-refractivity contribution in [3.63, 3.8) is 0 Å². The van der Waals surface area contributed by atoms with E-state index in [2.05, 4.69) is 33.0 Å². The zero-order valence-electron chi connectivity index (χ0n) is 12.9. The highest BCUT2D eigenvalue weighted by atomic mass is 16.5. The second kappa shape index (κ2) is 8.54. The van der Waals surface area contributed by atoms with Gasteiger partial charge in [0, 0.05) is 19.1 Å². The van der Waals surface area contributed by atoms with Gasteiger partial charge < -0.3 is 15.0 Å². The lowest BCUT2D eigenvalue weighted by atomic mass is 10.0. The highest BCUT2D eigenvalue weighted by Crippen LogP contribution is 2.18. The Morgan fingerprint density at radius 3 is 2.68 bits per heavy atom. The van der Waals surface area contributed by atoms with E-state index in [9.17, 15) is 4.79 Å². The van der Waals surface area contributed by atoms with Crippen LogP contribution < -0.4 is 5.32 Å². The molecule has 0 aromatic carbocycles. The molecule has 1 fully saturated rings. The lowest BCUT2D eigenvalue weighted by Gasteiger charge is -2.28. The first-order valence-electron chi connectivity index (χ1n) is 7.73. The van der Waals surface area contributed by atoms with Crippen LogP contribution in [0.5, 0.6) is 0 Å². The van der Waals surface area contributed by atoms with Crippen LogP contribution in [0.4, 0.5) is 0 Å². The summed E-state index contributed by atoms with van der Waals surface area (Å²) in [5.41, 5.74) is 0. The van der Waals surface area contributed by atoms with Crippen molar-refractivity contribution < 1.29 is 9.53 Å². The fourth-order valence-corrected chi connectivity index (χ4v) is 2.44. The van der Waals surface area contributed by atoms with Gasteiger partial charge in [0.2, 0.25) is 5.91 Å². The molecule has 0 aliphatic carbocycles. The van der Waals surface area contributed by atoms with Gasteiger partial charge in [-0.15, -0.1) is 0 Å². The Kier molecular flexibility index (Phi) is 7.39. The second-order valence-electron chi connectivity index (χ2n) is 5.59. The van der Waals surface area contributed by atoms with Crippen LogP contribution in [0.25, 0.3) is 0 Å². The van der Waals surface area contributed by atoms with E-state index in [1.807, 2.05) is 4.90 Å². The van der Waals surface area contributed by atoms with E-state index in [1.165, 1.54) is 0 Å². The van der Waals surface area contributed by atoms with Crippen LogP contribution in [-0.2, 0) is 9.53 Å². The van der Waals surface area contributed by atoms with Crippen molar-refractivity contribution in [2.75, 3.05) is 32.8 Å². The van der Waals surface area contributed by atoms with Crippen molar-refractivity contribution in [3.05, 3.63) is 0 Å². The molecule has 1 rings (SSSR count). The number of ether oxygens (including phenoxy) is 1. The molecule has 4 nitrogen and oxygen atoms in total. The summed E-state index contributed by atoms with van der Waals surface area (Å²) in [7, 11) is 0. The molecule has 1 saturated heterocycles. The number of hydrogen-bond acceptors (Lipinski definition) is 3. The molecule has 1 amide bonds. The van der Waals surface area contributed by atoms with Crippen LogP contribution in [0.2, 0.25) is 0 Å². The molecule has 1 heterocycles. The summed E-state index contributed by atoms with van der Waals surface area (Å²) in [6.45, 7) is 12.4. The third kappa shape index (κ3) is 4.77. The number of nitrogens with one attached hydrogen (secondary N) is 1. The molecule has 4 heteroatoms. The largest absolute Gasteiger partial charge is 0.379 e. The summed E-state index contributed by atoms with van der Waals surface area (Å²) in [6, 6.07) is 0.193. The Morgan fingerprint density at radius 2 is 2.11 bits per heavy atom. The minimum atomic E-state index is -0.00411. The molecule has 1 aliphatic rings. The average Bonchev–Trinajstić information content (AvgIpc) is 2.89. The molecule has 0 radical (unpaired) electrons. The number of carbonyl (C=O) groups is 1. The Balaban J connectivity index is 2.57. The standard InChI is InChI=1S/C15H30N2O2/c1-5-8-16-14-11-19-10-13(14)15(18)17(7-3)9-12(4)6-2/h12-14,16H,5-11H2,1-4H3. The van der Waals surface area contributed by atoms with Crippen LogP contribution in [0.1, 0.15) is 40.5 Å². The first-order valence-corrected chi connectivity index (χ1v) is 7.73. The van der Waals surface area contributed by atoms with Crippen molar-refractivity contribution in [3.8, 4) is 0 Å². The summed E-state index contributed by atoms with van der Waals surface area (Å²) in [4.78, 5) is 14.6. The topological polar surface area (TPSA) is 41.6 Å². The monoisotopic (exact) mass is 270 g/mol. The predicted molar refractivity (Wildman–Crippen MR) is 78.1 cm³/mol. The Hall–Kier alpha value is -0.610. The van der Waals surface area contributed by atoms with E-state index in [4.69, 9.17) is 4.74 Å². The first kappa shape index (κ1) is 16.4. The zero-order valence-corrected chi connectivity index (χ0v) is 12.9. The van der Waals surface area contributed by atoms with Gasteiger partial charge in [0.15, 0.2) is 0 Å². The highest BCUT2D eigenvalue weighted by Gasteiger charge is 2.35. The Labute approximate surface area is 117 Å². The summed E-state index contributed by atoms with van der Waals surface area (Å²) < 4.78 is 5.50.